The van der Waals surface area contributed by atoms with Crippen molar-refractivity contribution < 1.29 is 5.11 Å². The summed E-state index contributed by atoms with van der Waals surface area (Å²) in [5, 5.41) is 10.0. The number of aromatic nitrogens is 2. The number of H-pyrrole nitrogens is 1. The van der Waals surface area contributed by atoms with Crippen molar-refractivity contribution in [1.82, 2.24) is 9.97 Å². The lowest BCUT2D eigenvalue weighted by molar-refractivity contribution is 0.476. The third-order valence-corrected chi connectivity index (χ3v) is 3.85. The van der Waals surface area contributed by atoms with Gasteiger partial charge in [0.15, 0.2) is 0 Å². The molecule has 1 aromatic heterocycles. The first-order valence-corrected chi connectivity index (χ1v) is 7.03. The van der Waals surface area contributed by atoms with E-state index in [0.717, 1.165) is 31.6 Å². The average Bonchev–Trinajstić information content (AvgIpc) is 2.49. The lowest BCUT2D eigenvalue weighted by Crippen LogP contribution is -2.40. The van der Waals surface area contributed by atoms with Crippen LogP contribution in [0.2, 0.25) is 0 Å². The van der Waals surface area contributed by atoms with Crippen LogP contribution in [0, 0.1) is 0 Å². The largest absolute Gasteiger partial charge is 0.507 e. The molecule has 0 spiro atoms. The molecule has 21 heavy (non-hydrogen) atoms. The van der Waals surface area contributed by atoms with Crippen molar-refractivity contribution in [2.45, 2.75) is 18.9 Å². The van der Waals surface area contributed by atoms with E-state index >= 15 is 0 Å². The van der Waals surface area contributed by atoms with Crippen molar-refractivity contribution in [3.63, 3.8) is 0 Å². The lowest BCUT2D eigenvalue weighted by Gasteiger charge is -2.32. The Morgan fingerprint density at radius 2 is 2.00 bits per heavy atom. The van der Waals surface area contributed by atoms with Gasteiger partial charge >= 0.3 is 5.69 Å². The van der Waals surface area contributed by atoms with Gasteiger partial charge in [0, 0.05) is 24.7 Å². The van der Waals surface area contributed by atoms with Crippen LogP contribution in [0.1, 0.15) is 12.8 Å². The number of nitrogens with zero attached hydrogens (tertiary/aromatic N) is 2. The van der Waals surface area contributed by atoms with Gasteiger partial charge in [-0.15, -0.1) is 0 Å². The average molecular weight is 286 g/mol. The molecule has 1 aromatic carbocycles. The van der Waals surface area contributed by atoms with Gasteiger partial charge in [0.05, 0.1) is 17.6 Å². The van der Waals surface area contributed by atoms with E-state index in [1.54, 1.807) is 24.4 Å². The van der Waals surface area contributed by atoms with E-state index in [1.165, 1.54) is 0 Å². The fourth-order valence-electron chi connectivity index (χ4n) is 2.66. The van der Waals surface area contributed by atoms with Crippen LogP contribution in [0.4, 0.5) is 5.69 Å². The maximum atomic E-state index is 11.6. The Hall–Kier alpha value is -2.34. The molecule has 110 valence electrons. The number of phenols is 1. The predicted molar refractivity (Wildman–Crippen MR) is 81.4 cm³/mol. The second-order valence-corrected chi connectivity index (χ2v) is 5.29. The number of hydrogen-bond donors (Lipinski definition) is 3. The molecule has 4 N–H and O–H groups in total. The van der Waals surface area contributed by atoms with Crippen LogP contribution < -0.4 is 16.3 Å². The zero-order valence-corrected chi connectivity index (χ0v) is 11.6. The number of piperidine rings is 1. The number of rotatable bonds is 2. The SMILES string of the molecule is NC1CCN(c2cnc(=O)[nH]c2-c2ccccc2O)CC1. The topological polar surface area (TPSA) is 95.2 Å². The number of anilines is 1. The molecule has 0 saturated carbocycles. The molecule has 6 nitrogen and oxygen atoms in total. The highest BCUT2D eigenvalue weighted by molar-refractivity contribution is 5.78. The van der Waals surface area contributed by atoms with Gasteiger partial charge < -0.3 is 20.7 Å². The minimum atomic E-state index is -0.425. The molecule has 1 saturated heterocycles. The van der Waals surface area contributed by atoms with Gasteiger partial charge in [0.1, 0.15) is 5.75 Å². The van der Waals surface area contributed by atoms with Crippen molar-refractivity contribution in [2.75, 3.05) is 18.0 Å². The van der Waals surface area contributed by atoms with Crippen LogP contribution in [0.25, 0.3) is 11.3 Å². The first kappa shape index (κ1) is 13.6. The summed E-state index contributed by atoms with van der Waals surface area (Å²) in [5.41, 5.74) is 7.53. The Labute approximate surface area is 122 Å². The van der Waals surface area contributed by atoms with Crippen LogP contribution in [0.3, 0.4) is 0 Å². The van der Waals surface area contributed by atoms with E-state index < -0.39 is 5.69 Å². The van der Waals surface area contributed by atoms with Gasteiger partial charge in [-0.05, 0) is 25.0 Å². The highest BCUT2D eigenvalue weighted by atomic mass is 16.3. The van der Waals surface area contributed by atoms with Crippen LogP contribution in [0.15, 0.2) is 35.3 Å². The van der Waals surface area contributed by atoms with Crippen LogP contribution in [0.5, 0.6) is 5.75 Å². The van der Waals surface area contributed by atoms with Gasteiger partial charge in [0.2, 0.25) is 0 Å². The second kappa shape index (κ2) is 5.57. The number of aromatic hydroxyl groups is 1. The summed E-state index contributed by atoms with van der Waals surface area (Å²) in [5.74, 6) is 0.134. The minimum Gasteiger partial charge on any atom is -0.507 e. The van der Waals surface area contributed by atoms with Crippen molar-refractivity contribution in [2.24, 2.45) is 5.73 Å². The Balaban J connectivity index is 2.06. The summed E-state index contributed by atoms with van der Waals surface area (Å²) >= 11 is 0. The number of hydrogen-bond acceptors (Lipinski definition) is 5. The molecular formula is C15H18N4O2. The van der Waals surface area contributed by atoms with E-state index in [0.29, 0.717) is 11.3 Å². The summed E-state index contributed by atoms with van der Waals surface area (Å²) in [6.07, 6.45) is 3.37. The van der Waals surface area contributed by atoms with E-state index in [4.69, 9.17) is 5.73 Å². The zero-order chi connectivity index (χ0) is 14.8. The fourth-order valence-corrected chi connectivity index (χ4v) is 2.66. The number of benzene rings is 1. The maximum Gasteiger partial charge on any atom is 0.345 e. The lowest BCUT2D eigenvalue weighted by atomic mass is 10.0. The van der Waals surface area contributed by atoms with Crippen molar-refractivity contribution in [3.8, 4) is 17.0 Å². The van der Waals surface area contributed by atoms with Crippen molar-refractivity contribution >= 4 is 5.69 Å². The van der Waals surface area contributed by atoms with Crippen LogP contribution in [-0.4, -0.2) is 34.2 Å². The van der Waals surface area contributed by atoms with Crippen LogP contribution >= 0.6 is 0 Å². The molecule has 0 radical (unpaired) electrons. The standard InChI is InChI=1S/C15H18N4O2/c16-10-5-7-19(8-6-10)12-9-17-15(21)18-14(12)11-3-1-2-4-13(11)20/h1-4,9-10,20H,5-8,16H2,(H,17,18,21). The van der Waals surface area contributed by atoms with Gasteiger partial charge in [0.25, 0.3) is 0 Å². The Morgan fingerprint density at radius 1 is 1.29 bits per heavy atom. The molecule has 2 aromatic rings. The normalized spacial score (nSPS) is 16.1. The number of nitrogens with one attached hydrogen (secondary N) is 1. The second-order valence-electron chi connectivity index (χ2n) is 5.29. The van der Waals surface area contributed by atoms with Gasteiger partial charge in [-0.1, -0.05) is 12.1 Å². The Bertz CT molecular complexity index is 690. The summed E-state index contributed by atoms with van der Waals surface area (Å²) in [7, 11) is 0. The molecule has 3 rings (SSSR count). The molecule has 6 heteroatoms. The molecule has 0 aliphatic carbocycles. The Kier molecular flexibility index (Phi) is 3.62. The highest BCUT2D eigenvalue weighted by Gasteiger charge is 2.21. The molecule has 0 bridgehead atoms. The molecular weight excluding hydrogens is 268 g/mol. The number of phenolic OH excluding ortho intramolecular Hbond substituents is 1. The molecule has 1 aliphatic rings. The summed E-state index contributed by atoms with van der Waals surface area (Å²) in [4.78, 5) is 20.3. The summed E-state index contributed by atoms with van der Waals surface area (Å²) in [6.45, 7) is 1.63. The zero-order valence-electron chi connectivity index (χ0n) is 11.6. The van der Waals surface area contributed by atoms with E-state index in [-0.39, 0.29) is 11.8 Å². The van der Waals surface area contributed by atoms with E-state index in [1.807, 2.05) is 6.07 Å². The summed E-state index contributed by atoms with van der Waals surface area (Å²) in [6, 6.07) is 7.18. The molecule has 0 amide bonds. The third kappa shape index (κ3) is 2.75. The quantitative estimate of drug-likeness (QED) is 0.767. The minimum absolute atomic E-state index is 0.134. The summed E-state index contributed by atoms with van der Waals surface area (Å²) < 4.78 is 0. The van der Waals surface area contributed by atoms with Crippen molar-refractivity contribution in [3.05, 3.63) is 40.9 Å². The number of para-hydroxylation sites is 1. The highest BCUT2D eigenvalue weighted by Crippen LogP contribution is 2.34. The molecule has 2 heterocycles. The molecule has 1 fully saturated rings. The van der Waals surface area contributed by atoms with Gasteiger partial charge in [-0.25, -0.2) is 4.79 Å². The van der Waals surface area contributed by atoms with E-state index in [9.17, 15) is 9.90 Å². The smallest absolute Gasteiger partial charge is 0.345 e. The van der Waals surface area contributed by atoms with Crippen molar-refractivity contribution in [1.29, 1.82) is 0 Å². The monoisotopic (exact) mass is 286 g/mol. The number of nitrogens with two attached hydrogens (primary N) is 1. The first-order valence-electron chi connectivity index (χ1n) is 7.03. The number of aromatic amines is 1. The maximum absolute atomic E-state index is 11.6. The molecule has 1 aliphatic heterocycles. The predicted octanol–water partition coefficient (Wildman–Crippen LogP) is 1.07. The van der Waals surface area contributed by atoms with Crippen LogP contribution in [-0.2, 0) is 0 Å². The molecule has 0 atom stereocenters. The Morgan fingerprint density at radius 3 is 2.71 bits per heavy atom. The van der Waals surface area contributed by atoms with E-state index in [2.05, 4.69) is 14.9 Å². The molecule has 0 unspecified atom stereocenters. The fraction of sp³-hybridized carbons (Fsp3) is 0.333. The third-order valence-electron chi connectivity index (χ3n) is 3.85. The van der Waals surface area contributed by atoms with Gasteiger partial charge in [-0.2, -0.15) is 4.98 Å². The first-order chi connectivity index (χ1) is 10.1. The van der Waals surface area contributed by atoms with Gasteiger partial charge in [-0.3, -0.25) is 0 Å².